The minimum atomic E-state index is -0.327. The maximum Gasteiger partial charge on any atom is 0.241 e. The smallest absolute Gasteiger partial charge is 0.241 e. The van der Waals surface area contributed by atoms with E-state index >= 15 is 0 Å². The Labute approximate surface area is 123 Å². The number of rotatable bonds is 5. The topological polar surface area (TPSA) is 69.3 Å². The van der Waals surface area contributed by atoms with Gasteiger partial charge in [0.05, 0.1) is 29.8 Å². The summed E-state index contributed by atoms with van der Waals surface area (Å²) in [7, 11) is 1.87. The zero-order valence-corrected chi connectivity index (χ0v) is 12.0. The Kier molecular flexibility index (Phi) is 4.75. The molecule has 0 radical (unpaired) electrons. The summed E-state index contributed by atoms with van der Waals surface area (Å²) < 4.78 is 5.02. The Bertz CT molecular complexity index is 644. The fourth-order valence-corrected chi connectivity index (χ4v) is 1.93. The van der Waals surface area contributed by atoms with E-state index in [1.165, 1.54) is 0 Å². The van der Waals surface area contributed by atoms with Gasteiger partial charge in [-0.3, -0.25) is 9.69 Å². The lowest BCUT2D eigenvalue weighted by atomic mass is 10.1. The second kappa shape index (κ2) is 6.73. The second-order valence-corrected chi connectivity index (χ2v) is 4.87. The number of nitrogens with zero attached hydrogens (tertiary/aromatic N) is 2. The maximum atomic E-state index is 12.3. The highest BCUT2D eigenvalue weighted by Crippen LogP contribution is 2.15. The van der Waals surface area contributed by atoms with Gasteiger partial charge >= 0.3 is 0 Å². The average Bonchev–Trinajstić information content (AvgIpc) is 2.99. The molecule has 5 heteroatoms. The largest absolute Gasteiger partial charge is 0.472 e. The first-order valence-corrected chi connectivity index (χ1v) is 6.63. The number of hydrogen-bond acceptors (Lipinski definition) is 4. The van der Waals surface area contributed by atoms with Gasteiger partial charge in [0.15, 0.2) is 0 Å². The van der Waals surface area contributed by atoms with Crippen LogP contribution in [-0.2, 0) is 11.3 Å². The van der Waals surface area contributed by atoms with Crippen molar-refractivity contribution in [3.63, 3.8) is 0 Å². The third-order valence-electron chi connectivity index (χ3n) is 3.36. The fourth-order valence-electron chi connectivity index (χ4n) is 1.93. The van der Waals surface area contributed by atoms with Crippen LogP contribution < -0.4 is 5.32 Å². The Morgan fingerprint density at radius 2 is 2.19 bits per heavy atom. The Morgan fingerprint density at radius 3 is 2.86 bits per heavy atom. The highest BCUT2D eigenvalue weighted by molar-refractivity contribution is 5.95. The van der Waals surface area contributed by atoms with Crippen LogP contribution in [0.2, 0.25) is 0 Å². The van der Waals surface area contributed by atoms with Crippen LogP contribution in [0.4, 0.5) is 5.69 Å². The molecule has 21 heavy (non-hydrogen) atoms. The predicted octanol–water partition coefficient (Wildman–Crippen LogP) is 2.61. The number of carbonyl (C=O) groups is 1. The van der Waals surface area contributed by atoms with Crippen molar-refractivity contribution >= 4 is 11.6 Å². The molecule has 0 aliphatic heterocycles. The van der Waals surface area contributed by atoms with Crippen molar-refractivity contribution in [2.75, 3.05) is 12.4 Å². The lowest BCUT2D eigenvalue weighted by Gasteiger charge is -2.23. The van der Waals surface area contributed by atoms with E-state index in [0.29, 0.717) is 17.8 Å². The number of nitriles is 1. The lowest BCUT2D eigenvalue weighted by Crippen LogP contribution is -2.39. The highest BCUT2D eigenvalue weighted by Gasteiger charge is 2.19. The van der Waals surface area contributed by atoms with E-state index in [1.807, 2.05) is 24.9 Å². The van der Waals surface area contributed by atoms with Gasteiger partial charge < -0.3 is 9.73 Å². The molecule has 1 heterocycles. The normalized spacial score (nSPS) is 11.9. The molecular formula is C16H17N3O2. The second-order valence-electron chi connectivity index (χ2n) is 4.87. The molecule has 0 saturated carbocycles. The van der Waals surface area contributed by atoms with Crippen molar-refractivity contribution < 1.29 is 9.21 Å². The van der Waals surface area contributed by atoms with E-state index in [4.69, 9.17) is 9.68 Å². The van der Waals surface area contributed by atoms with Gasteiger partial charge in [-0.15, -0.1) is 0 Å². The van der Waals surface area contributed by atoms with E-state index in [1.54, 1.807) is 36.8 Å². The number of benzene rings is 1. The molecular weight excluding hydrogens is 266 g/mol. The number of furan rings is 1. The summed E-state index contributed by atoms with van der Waals surface area (Å²) in [6, 6.07) is 10.6. The Hall–Kier alpha value is -2.58. The van der Waals surface area contributed by atoms with Crippen LogP contribution in [0.1, 0.15) is 18.1 Å². The van der Waals surface area contributed by atoms with E-state index in [0.717, 1.165) is 5.56 Å². The molecule has 2 aromatic rings. The van der Waals surface area contributed by atoms with Crippen molar-refractivity contribution in [3.05, 3.63) is 54.0 Å². The molecule has 0 aliphatic rings. The molecule has 2 rings (SSSR count). The van der Waals surface area contributed by atoms with Crippen LogP contribution in [-0.4, -0.2) is 23.9 Å². The van der Waals surface area contributed by atoms with E-state index in [-0.39, 0.29) is 11.9 Å². The van der Waals surface area contributed by atoms with Crippen molar-refractivity contribution in [1.29, 1.82) is 5.26 Å². The molecule has 0 spiro atoms. The number of nitrogens with one attached hydrogen (secondary N) is 1. The SMILES string of the molecule is CC(C(=O)Nc1ccccc1C#N)N(C)Cc1ccoc1. The van der Waals surface area contributed by atoms with Crippen LogP contribution in [0, 0.1) is 11.3 Å². The Morgan fingerprint density at radius 1 is 1.43 bits per heavy atom. The van der Waals surface area contributed by atoms with Crippen LogP contribution in [0.5, 0.6) is 0 Å². The summed E-state index contributed by atoms with van der Waals surface area (Å²) in [5.74, 6) is -0.149. The maximum absolute atomic E-state index is 12.3. The summed E-state index contributed by atoms with van der Waals surface area (Å²) >= 11 is 0. The standard InChI is InChI=1S/C16H17N3O2/c1-12(19(2)10-13-7-8-21-11-13)16(20)18-15-6-4-3-5-14(15)9-17/h3-8,11-12H,10H2,1-2H3,(H,18,20). The summed E-state index contributed by atoms with van der Waals surface area (Å²) in [5, 5.41) is 11.8. The molecule has 5 nitrogen and oxygen atoms in total. The molecule has 108 valence electrons. The monoisotopic (exact) mass is 283 g/mol. The molecule has 1 aromatic carbocycles. The first kappa shape index (κ1) is 14.8. The van der Waals surface area contributed by atoms with Crippen molar-refractivity contribution in [2.24, 2.45) is 0 Å². The van der Waals surface area contributed by atoms with Crippen molar-refractivity contribution in [2.45, 2.75) is 19.5 Å². The zero-order chi connectivity index (χ0) is 15.2. The van der Waals surface area contributed by atoms with Gasteiger partial charge in [0.2, 0.25) is 5.91 Å². The van der Waals surface area contributed by atoms with E-state index < -0.39 is 0 Å². The van der Waals surface area contributed by atoms with Crippen molar-refractivity contribution in [1.82, 2.24) is 4.90 Å². The van der Waals surface area contributed by atoms with Gasteiger partial charge in [-0.1, -0.05) is 12.1 Å². The zero-order valence-electron chi connectivity index (χ0n) is 12.0. The molecule has 1 N–H and O–H groups in total. The molecule has 0 saturated heterocycles. The van der Waals surface area contributed by atoms with Crippen LogP contribution in [0.15, 0.2) is 47.3 Å². The molecule has 0 fully saturated rings. The van der Waals surface area contributed by atoms with E-state index in [2.05, 4.69) is 11.4 Å². The minimum absolute atomic E-state index is 0.149. The molecule has 1 atom stereocenters. The number of para-hydroxylation sites is 1. The summed E-state index contributed by atoms with van der Waals surface area (Å²) in [6.45, 7) is 2.44. The summed E-state index contributed by atoms with van der Waals surface area (Å²) in [4.78, 5) is 14.2. The fraction of sp³-hybridized carbons (Fsp3) is 0.250. The molecule has 1 aromatic heterocycles. The average molecular weight is 283 g/mol. The van der Waals surface area contributed by atoms with Gasteiger partial charge in [-0.2, -0.15) is 5.26 Å². The summed E-state index contributed by atoms with van der Waals surface area (Å²) in [5.41, 5.74) is 2.00. The first-order valence-electron chi connectivity index (χ1n) is 6.63. The molecule has 0 bridgehead atoms. The number of likely N-dealkylation sites (N-methyl/N-ethyl adjacent to an activating group) is 1. The minimum Gasteiger partial charge on any atom is -0.472 e. The predicted molar refractivity (Wildman–Crippen MR) is 79.4 cm³/mol. The van der Waals surface area contributed by atoms with Crippen LogP contribution in [0.3, 0.4) is 0 Å². The van der Waals surface area contributed by atoms with Gasteiger partial charge in [0.1, 0.15) is 6.07 Å². The molecule has 1 amide bonds. The number of carbonyl (C=O) groups excluding carboxylic acids is 1. The quantitative estimate of drug-likeness (QED) is 0.915. The Balaban J connectivity index is 2.01. The lowest BCUT2D eigenvalue weighted by molar-refractivity contribution is -0.120. The number of amides is 1. The third-order valence-corrected chi connectivity index (χ3v) is 3.36. The first-order chi connectivity index (χ1) is 10.1. The van der Waals surface area contributed by atoms with Crippen molar-refractivity contribution in [3.8, 4) is 6.07 Å². The molecule has 0 aliphatic carbocycles. The third kappa shape index (κ3) is 3.71. The van der Waals surface area contributed by atoms with Gasteiger partial charge in [0, 0.05) is 12.1 Å². The van der Waals surface area contributed by atoms with E-state index in [9.17, 15) is 4.79 Å². The van der Waals surface area contributed by atoms with Gasteiger partial charge in [-0.05, 0) is 32.2 Å². The summed E-state index contributed by atoms with van der Waals surface area (Å²) in [6.07, 6.45) is 3.27. The van der Waals surface area contributed by atoms with Crippen LogP contribution in [0.25, 0.3) is 0 Å². The number of hydrogen-bond donors (Lipinski definition) is 1. The van der Waals surface area contributed by atoms with Gasteiger partial charge in [-0.25, -0.2) is 0 Å². The van der Waals surface area contributed by atoms with Gasteiger partial charge in [0.25, 0.3) is 0 Å². The highest BCUT2D eigenvalue weighted by atomic mass is 16.3. The number of anilines is 1. The molecule has 1 unspecified atom stereocenters. The van der Waals surface area contributed by atoms with Crippen LogP contribution >= 0.6 is 0 Å².